The molecule has 31 heavy (non-hydrogen) atoms. The number of rotatable bonds is 4. The van der Waals surface area contributed by atoms with Gasteiger partial charge in [0.2, 0.25) is 0 Å². The van der Waals surface area contributed by atoms with Crippen LogP contribution in [0.1, 0.15) is 61.3 Å². The van der Waals surface area contributed by atoms with Crippen LogP contribution in [-0.4, -0.2) is 51.5 Å². The van der Waals surface area contributed by atoms with E-state index in [2.05, 4.69) is 65.7 Å². The number of hydrogen-bond donors (Lipinski definition) is 0. The molecule has 0 spiro atoms. The summed E-state index contributed by atoms with van der Waals surface area (Å²) in [6, 6.07) is 13.6. The summed E-state index contributed by atoms with van der Waals surface area (Å²) in [6.07, 6.45) is 8.09. The molecule has 2 aliphatic rings. The van der Waals surface area contributed by atoms with Gasteiger partial charge in [0.05, 0.1) is 28.8 Å². The molecule has 1 aromatic carbocycles. The number of aromatic nitrogens is 3. The average molecular weight is 418 g/mol. The van der Waals surface area contributed by atoms with Gasteiger partial charge in [0.15, 0.2) is 0 Å². The maximum atomic E-state index is 5.21. The van der Waals surface area contributed by atoms with E-state index in [1.807, 2.05) is 12.3 Å². The Morgan fingerprint density at radius 3 is 2.65 bits per heavy atom. The van der Waals surface area contributed by atoms with Crippen LogP contribution < -0.4 is 0 Å². The van der Waals surface area contributed by atoms with Crippen LogP contribution >= 0.6 is 0 Å². The largest absolute Gasteiger partial charge is 0.326 e. The quantitative estimate of drug-likeness (QED) is 0.600. The van der Waals surface area contributed by atoms with Crippen LogP contribution in [0.2, 0.25) is 0 Å². The summed E-state index contributed by atoms with van der Waals surface area (Å²) in [5, 5.41) is 0. The van der Waals surface area contributed by atoms with Crippen LogP contribution in [0.5, 0.6) is 0 Å². The number of nitrogens with zero attached hydrogens (tertiary/aromatic N) is 5. The molecule has 5 nitrogen and oxygen atoms in total. The van der Waals surface area contributed by atoms with Crippen LogP contribution in [0, 0.1) is 12.8 Å². The van der Waals surface area contributed by atoms with E-state index in [0.717, 1.165) is 18.5 Å². The molecule has 4 heterocycles. The highest BCUT2D eigenvalue weighted by molar-refractivity contribution is 5.76. The van der Waals surface area contributed by atoms with E-state index in [1.165, 1.54) is 61.4 Å². The van der Waals surface area contributed by atoms with Gasteiger partial charge in [-0.05, 0) is 89.3 Å². The third-order valence-electron chi connectivity index (χ3n) is 7.45. The molecule has 0 saturated carbocycles. The first kappa shape index (κ1) is 20.7. The molecular weight excluding hydrogens is 382 g/mol. The number of hydrogen-bond acceptors (Lipinski definition) is 4. The van der Waals surface area contributed by atoms with Gasteiger partial charge in [-0.25, -0.2) is 4.98 Å². The predicted octanol–water partition coefficient (Wildman–Crippen LogP) is 4.98. The lowest BCUT2D eigenvalue weighted by atomic mass is 9.91. The molecule has 2 aromatic heterocycles. The Labute approximate surface area is 186 Å². The summed E-state index contributed by atoms with van der Waals surface area (Å²) < 4.78 is 2.55. The van der Waals surface area contributed by atoms with Crippen molar-refractivity contribution in [2.45, 2.75) is 57.7 Å². The standard InChI is InChI=1S/C26H35N5/c1-19-9-7-15-27-25(19)23-13-6-14-24(30(23)3)26-28-21-11-4-5-12-22(21)31(26)18-20-10-8-16-29(2)17-20/h4-5,7,9,11-12,15,20,23-24H,6,8,10,13-14,16-18H2,1-3H3/t20?,23-,24+/m0/s1. The zero-order chi connectivity index (χ0) is 21.4. The summed E-state index contributed by atoms with van der Waals surface area (Å²) in [7, 11) is 4.54. The van der Waals surface area contributed by atoms with Gasteiger partial charge in [0, 0.05) is 19.3 Å². The van der Waals surface area contributed by atoms with Crippen molar-refractivity contribution < 1.29 is 0 Å². The van der Waals surface area contributed by atoms with Gasteiger partial charge in [0.25, 0.3) is 0 Å². The second-order valence-corrected chi connectivity index (χ2v) is 9.67. The number of piperidine rings is 2. The van der Waals surface area contributed by atoms with Crippen molar-refractivity contribution in [1.82, 2.24) is 24.3 Å². The van der Waals surface area contributed by atoms with E-state index in [0.29, 0.717) is 18.0 Å². The van der Waals surface area contributed by atoms with Crippen LogP contribution in [0.3, 0.4) is 0 Å². The molecule has 0 N–H and O–H groups in total. The molecule has 0 aliphatic carbocycles. The lowest BCUT2D eigenvalue weighted by Gasteiger charge is -2.40. The van der Waals surface area contributed by atoms with Gasteiger partial charge in [-0.1, -0.05) is 18.2 Å². The van der Waals surface area contributed by atoms with Crippen molar-refractivity contribution in [3.8, 4) is 0 Å². The maximum absolute atomic E-state index is 5.21. The highest BCUT2D eigenvalue weighted by Gasteiger charge is 2.34. The number of fused-ring (bicyclic) bond motifs is 1. The van der Waals surface area contributed by atoms with Gasteiger partial charge in [-0.2, -0.15) is 0 Å². The van der Waals surface area contributed by atoms with Gasteiger partial charge in [-0.3, -0.25) is 9.88 Å². The van der Waals surface area contributed by atoms with E-state index in [4.69, 9.17) is 9.97 Å². The van der Waals surface area contributed by atoms with Crippen LogP contribution in [-0.2, 0) is 6.54 Å². The summed E-state index contributed by atoms with van der Waals surface area (Å²) in [5.74, 6) is 1.94. The summed E-state index contributed by atoms with van der Waals surface area (Å²) in [5.41, 5.74) is 4.94. The van der Waals surface area contributed by atoms with E-state index >= 15 is 0 Å². The molecule has 0 amide bonds. The normalized spacial score (nSPS) is 25.8. The Hall–Kier alpha value is -2.24. The van der Waals surface area contributed by atoms with Crippen molar-refractivity contribution >= 4 is 11.0 Å². The first-order valence-corrected chi connectivity index (χ1v) is 11.9. The van der Waals surface area contributed by atoms with Crippen LogP contribution in [0.15, 0.2) is 42.6 Å². The number of para-hydroxylation sites is 2. The lowest BCUT2D eigenvalue weighted by molar-refractivity contribution is 0.102. The van der Waals surface area contributed by atoms with Gasteiger partial charge in [-0.15, -0.1) is 0 Å². The fourth-order valence-electron chi connectivity index (χ4n) is 5.84. The number of benzene rings is 1. The summed E-state index contributed by atoms with van der Waals surface area (Å²) in [4.78, 5) is 15.0. The molecule has 2 aliphatic heterocycles. The van der Waals surface area contributed by atoms with Crippen molar-refractivity contribution in [2.24, 2.45) is 5.92 Å². The highest BCUT2D eigenvalue weighted by atomic mass is 15.2. The van der Waals surface area contributed by atoms with E-state index < -0.39 is 0 Å². The lowest BCUT2D eigenvalue weighted by Crippen LogP contribution is -2.37. The molecule has 2 fully saturated rings. The number of pyridine rings is 1. The highest BCUT2D eigenvalue weighted by Crippen LogP contribution is 2.41. The SMILES string of the molecule is Cc1cccnc1[C@@H]1CCC[C@H](c2nc3ccccc3n2CC2CCCN(C)C2)N1C. The molecule has 3 aromatic rings. The Bertz CT molecular complexity index is 1040. The maximum Gasteiger partial charge on any atom is 0.127 e. The second-order valence-electron chi connectivity index (χ2n) is 9.67. The molecule has 0 radical (unpaired) electrons. The Morgan fingerprint density at radius 2 is 1.81 bits per heavy atom. The van der Waals surface area contributed by atoms with E-state index in [9.17, 15) is 0 Å². The topological polar surface area (TPSA) is 37.2 Å². The zero-order valence-corrected chi connectivity index (χ0v) is 19.2. The number of imidazole rings is 1. The molecular formula is C26H35N5. The van der Waals surface area contributed by atoms with Crippen LogP contribution in [0.25, 0.3) is 11.0 Å². The van der Waals surface area contributed by atoms with E-state index in [-0.39, 0.29) is 0 Å². The molecule has 2 saturated heterocycles. The monoisotopic (exact) mass is 417 g/mol. The van der Waals surface area contributed by atoms with Gasteiger partial charge in [0.1, 0.15) is 5.82 Å². The number of likely N-dealkylation sites (tertiary alicyclic amines) is 2. The first-order chi connectivity index (χ1) is 15.1. The summed E-state index contributed by atoms with van der Waals surface area (Å²) in [6.45, 7) is 5.67. The van der Waals surface area contributed by atoms with Gasteiger partial charge < -0.3 is 9.47 Å². The minimum atomic E-state index is 0.328. The third-order valence-corrected chi connectivity index (χ3v) is 7.45. The first-order valence-electron chi connectivity index (χ1n) is 11.9. The molecule has 164 valence electrons. The molecule has 5 heteroatoms. The zero-order valence-electron chi connectivity index (χ0n) is 19.2. The summed E-state index contributed by atoms with van der Waals surface area (Å²) >= 11 is 0. The molecule has 3 atom stereocenters. The van der Waals surface area contributed by atoms with Crippen molar-refractivity contribution in [3.63, 3.8) is 0 Å². The van der Waals surface area contributed by atoms with E-state index in [1.54, 1.807) is 0 Å². The average Bonchev–Trinajstić information content (AvgIpc) is 3.13. The van der Waals surface area contributed by atoms with Gasteiger partial charge >= 0.3 is 0 Å². The Morgan fingerprint density at radius 1 is 0.968 bits per heavy atom. The van der Waals surface area contributed by atoms with Crippen molar-refractivity contribution in [3.05, 3.63) is 59.7 Å². The fraction of sp³-hybridized carbons (Fsp3) is 0.538. The fourth-order valence-corrected chi connectivity index (χ4v) is 5.84. The Kier molecular flexibility index (Phi) is 5.81. The third kappa shape index (κ3) is 4.01. The minimum absolute atomic E-state index is 0.328. The molecule has 0 bridgehead atoms. The number of aryl methyl sites for hydroxylation is 1. The minimum Gasteiger partial charge on any atom is -0.326 e. The van der Waals surface area contributed by atoms with Crippen molar-refractivity contribution in [2.75, 3.05) is 27.2 Å². The Balaban J connectivity index is 1.51. The van der Waals surface area contributed by atoms with Crippen LogP contribution in [0.4, 0.5) is 0 Å². The smallest absolute Gasteiger partial charge is 0.127 e. The second kappa shape index (κ2) is 8.71. The predicted molar refractivity (Wildman–Crippen MR) is 126 cm³/mol. The van der Waals surface area contributed by atoms with Crippen molar-refractivity contribution in [1.29, 1.82) is 0 Å². The molecule has 5 rings (SSSR count). The molecule has 1 unspecified atom stereocenters.